The van der Waals surface area contributed by atoms with E-state index in [9.17, 15) is 5.11 Å². The summed E-state index contributed by atoms with van der Waals surface area (Å²) in [6, 6.07) is 0. The molecule has 1 aliphatic rings. The second kappa shape index (κ2) is 7.35. The Labute approximate surface area is 149 Å². The number of rotatable bonds is 6. The van der Waals surface area contributed by atoms with Gasteiger partial charge in [0.05, 0.1) is 29.1 Å². The molecule has 0 amide bonds. The van der Waals surface area contributed by atoms with Crippen LogP contribution in [-0.2, 0) is 4.74 Å². The van der Waals surface area contributed by atoms with Crippen molar-refractivity contribution in [1.82, 2.24) is 14.1 Å². The molecule has 0 bridgehead atoms. The Kier molecular flexibility index (Phi) is 2.07. The highest BCUT2D eigenvalue weighted by Gasteiger charge is 2.21. The lowest BCUT2D eigenvalue weighted by Crippen LogP contribution is -2.42. The first kappa shape index (κ1) is 5.92. The zero-order valence-corrected chi connectivity index (χ0v) is 11.7. The first-order chi connectivity index (χ1) is 15.5. The fourth-order valence-electron chi connectivity index (χ4n) is 1.48. The second-order valence-electron chi connectivity index (χ2n) is 4.05. The molecule has 0 aliphatic carbocycles. The maximum Gasteiger partial charge on any atom is 0.270 e. The Hall–Kier alpha value is -0.960. The molecule has 1 fully saturated rings. The summed E-state index contributed by atoms with van der Waals surface area (Å²) < 4.78 is 126. The van der Waals surface area contributed by atoms with Crippen LogP contribution in [0.1, 0.15) is 39.7 Å². The Morgan fingerprint density at radius 3 is 3.05 bits per heavy atom. The van der Waals surface area contributed by atoms with Gasteiger partial charge in [-0.3, -0.25) is 0 Å². The van der Waals surface area contributed by atoms with Gasteiger partial charge in [0.15, 0.2) is 0 Å². The summed E-state index contributed by atoms with van der Waals surface area (Å²) in [7, 11) is 0. The average Bonchev–Trinajstić information content (AvgIpc) is 3.11. The lowest BCUT2D eigenvalue weighted by atomic mass is 10.1. The Bertz CT molecular complexity index is 842. The summed E-state index contributed by atoms with van der Waals surface area (Å²) in [4.78, 5) is 1.59. The van der Waals surface area contributed by atoms with Gasteiger partial charge in [0.25, 0.3) is 5.88 Å². The minimum absolute atomic E-state index is 0.00770. The predicted molar refractivity (Wildman–Crippen MR) is 82.2 cm³/mol. The van der Waals surface area contributed by atoms with Crippen LogP contribution in [0.25, 0.3) is 0 Å². The van der Waals surface area contributed by atoms with Crippen LogP contribution in [0.4, 0.5) is 5.82 Å². The third-order valence-electron chi connectivity index (χ3n) is 2.37. The molecule has 1 aliphatic heterocycles. The number of nitrogens with zero attached hydrogens (tertiary/aromatic N) is 3. The van der Waals surface area contributed by atoms with E-state index in [2.05, 4.69) is 8.75 Å². The van der Waals surface area contributed by atoms with Gasteiger partial charge in [-0.05, 0) is 20.6 Å². The normalized spacial score (nSPS) is 32.3. The fraction of sp³-hybridized carbons (Fsp3) is 0.846. The van der Waals surface area contributed by atoms with Crippen LogP contribution in [0.2, 0.25) is 0 Å². The monoisotopic (exact) mass is 330 g/mol. The van der Waals surface area contributed by atoms with Crippen LogP contribution in [0, 0.1) is 0 Å². The van der Waals surface area contributed by atoms with E-state index in [4.69, 9.17) is 28.7 Å². The Morgan fingerprint density at radius 2 is 2.33 bits per heavy atom. The largest absolute Gasteiger partial charge is 0.472 e. The summed E-state index contributed by atoms with van der Waals surface area (Å²) in [6.45, 7) is -18.3. The number of anilines is 1. The van der Waals surface area contributed by atoms with Crippen molar-refractivity contribution in [1.29, 1.82) is 0 Å². The number of β-amino-alcohol motifs (C(OH)–C–C–N with tert-alkyl or cyclic N) is 1. The maximum atomic E-state index is 10.6. The lowest BCUT2D eigenvalue weighted by molar-refractivity contribution is 0.0975. The molecule has 1 aromatic rings. The van der Waals surface area contributed by atoms with Gasteiger partial charge >= 0.3 is 0 Å². The van der Waals surface area contributed by atoms with Gasteiger partial charge in [-0.25, -0.2) is 0 Å². The van der Waals surface area contributed by atoms with Crippen LogP contribution in [0.5, 0.6) is 5.88 Å². The van der Waals surface area contributed by atoms with Crippen molar-refractivity contribution in [2.75, 3.05) is 44.3 Å². The summed E-state index contributed by atoms with van der Waals surface area (Å²) in [5.74, 6) is -0.523. The molecule has 0 spiro atoms. The molecule has 0 aromatic carbocycles. The summed E-state index contributed by atoms with van der Waals surface area (Å²) in [5.41, 5.74) is -4.00. The van der Waals surface area contributed by atoms with E-state index in [-0.39, 0.29) is 5.82 Å². The van der Waals surface area contributed by atoms with Crippen LogP contribution in [0.3, 0.4) is 0 Å². The van der Waals surface area contributed by atoms with Gasteiger partial charge in [0, 0.05) is 40.2 Å². The standard InChI is InChI=1S/C13H24N4O3S/c1-13(2,3)14-8-10(18)9-20-12-11(15-21-16-12)17-4-6-19-7-5-17/h10,14,18H,4-9H2,1-3H3/t10-/m1/s1/i1D3,2D3,3D3,8D2,9D2,10D. The zero-order valence-electron chi connectivity index (χ0n) is 24.8. The van der Waals surface area contributed by atoms with E-state index < -0.39 is 51.1 Å². The molecule has 2 N–H and O–H groups in total. The van der Waals surface area contributed by atoms with Crippen LogP contribution in [0.15, 0.2) is 0 Å². The third kappa shape index (κ3) is 5.39. The zero-order chi connectivity index (χ0) is 27.3. The molecule has 7 nitrogen and oxygen atoms in total. The lowest BCUT2D eigenvalue weighted by Gasteiger charge is -2.27. The van der Waals surface area contributed by atoms with E-state index in [1.165, 1.54) is 5.32 Å². The van der Waals surface area contributed by atoms with Gasteiger partial charge in [-0.2, -0.15) is 4.37 Å². The Morgan fingerprint density at radius 1 is 1.57 bits per heavy atom. The molecule has 0 saturated carbocycles. The summed E-state index contributed by atoms with van der Waals surface area (Å²) >= 11 is 0.589. The summed E-state index contributed by atoms with van der Waals surface area (Å²) in [5, 5.41) is 11.9. The van der Waals surface area contributed by atoms with Crippen molar-refractivity contribution >= 4 is 17.5 Å². The van der Waals surface area contributed by atoms with Crippen molar-refractivity contribution in [2.24, 2.45) is 0 Å². The average molecular weight is 331 g/mol. The SMILES string of the molecule is [2H]C([2H])([2H])C(NC([2H])([2H])[C@@]([2H])(O)C([2H])([2H])Oc1nsnc1N1CCOCC1)(C([2H])([2H])[2H])C([2H])([2H])[2H]. The molecule has 21 heavy (non-hydrogen) atoms. The number of hydrogen-bond donors (Lipinski definition) is 2. The number of hydrogen-bond acceptors (Lipinski definition) is 8. The smallest absolute Gasteiger partial charge is 0.270 e. The highest BCUT2D eigenvalue weighted by molar-refractivity contribution is 6.99. The molecule has 120 valence electrons. The molecular weight excluding hydrogens is 292 g/mol. The quantitative estimate of drug-likeness (QED) is 0.786. The van der Waals surface area contributed by atoms with Crippen molar-refractivity contribution < 1.29 is 33.8 Å². The molecule has 2 rings (SSSR count). The first-order valence-electron chi connectivity index (χ1n) is 12.9. The number of morpholine rings is 1. The van der Waals surface area contributed by atoms with E-state index >= 15 is 0 Å². The van der Waals surface area contributed by atoms with Crippen molar-refractivity contribution in [2.45, 2.75) is 32.2 Å². The highest BCUT2D eigenvalue weighted by Crippen LogP contribution is 2.26. The number of aromatic nitrogens is 2. The molecular formula is C13H24N4O3S. The molecule has 0 unspecified atom stereocenters. The van der Waals surface area contributed by atoms with Gasteiger partial charge in [0.2, 0.25) is 5.82 Å². The van der Waals surface area contributed by atoms with Crippen molar-refractivity contribution in [3.8, 4) is 5.88 Å². The first-order valence-corrected chi connectivity index (χ1v) is 6.61. The Balaban J connectivity index is 2.48. The fourth-order valence-corrected chi connectivity index (χ4v) is 1.99. The van der Waals surface area contributed by atoms with Crippen molar-refractivity contribution in [3.05, 3.63) is 0 Å². The molecule has 1 atom stereocenters. The van der Waals surface area contributed by atoms with Gasteiger partial charge < -0.3 is 24.8 Å². The number of nitrogens with one attached hydrogen (secondary N) is 1. The van der Waals surface area contributed by atoms with E-state index in [1.807, 2.05) is 0 Å². The van der Waals surface area contributed by atoms with Crippen molar-refractivity contribution in [3.63, 3.8) is 0 Å². The minimum atomic E-state index is -4.11. The summed E-state index contributed by atoms with van der Waals surface area (Å²) in [6.07, 6.45) is -4.11. The van der Waals surface area contributed by atoms with E-state index in [0.717, 1.165) is 0 Å². The predicted octanol–water partition coefficient (Wildman–Crippen LogP) is 0.503. The number of aliphatic hydroxyl groups is 1. The van der Waals surface area contributed by atoms with E-state index in [0.29, 0.717) is 38.0 Å². The van der Waals surface area contributed by atoms with Gasteiger partial charge in [-0.15, -0.1) is 4.37 Å². The maximum absolute atomic E-state index is 10.6. The molecule has 0 radical (unpaired) electrons. The third-order valence-corrected chi connectivity index (χ3v) is 2.87. The van der Waals surface area contributed by atoms with Gasteiger partial charge in [0.1, 0.15) is 12.6 Å². The minimum Gasteiger partial charge on any atom is -0.472 e. The van der Waals surface area contributed by atoms with Crippen LogP contribution < -0.4 is 15.0 Å². The molecule has 8 heteroatoms. The molecule has 1 aromatic heterocycles. The molecule has 1 saturated heterocycles. The number of ether oxygens (including phenoxy) is 2. The topological polar surface area (TPSA) is 79.7 Å². The highest BCUT2D eigenvalue weighted by atomic mass is 32.1. The van der Waals surface area contributed by atoms with E-state index in [1.54, 1.807) is 4.90 Å². The van der Waals surface area contributed by atoms with Crippen LogP contribution in [-0.4, -0.2) is 64.8 Å². The molecule has 2 heterocycles. The second-order valence-corrected chi connectivity index (χ2v) is 4.57. The van der Waals surface area contributed by atoms with Gasteiger partial charge in [-0.1, -0.05) is 0 Å². The van der Waals surface area contributed by atoms with Crippen LogP contribution >= 0.6 is 11.7 Å².